The van der Waals surface area contributed by atoms with Crippen molar-refractivity contribution in [3.05, 3.63) is 0 Å². The third kappa shape index (κ3) is 1.62. The minimum Gasteiger partial charge on any atom is -0.501 e. The van der Waals surface area contributed by atoms with Gasteiger partial charge < -0.3 is 29.2 Å². The van der Waals surface area contributed by atoms with Crippen molar-refractivity contribution in [1.29, 1.82) is 0 Å². The third-order valence-electron chi connectivity index (χ3n) is 2.09. The maximum Gasteiger partial charge on any atom is 0.211 e. The molecule has 0 aromatic heterocycles. The summed E-state index contributed by atoms with van der Waals surface area (Å²) in [6.07, 6.45) is 0. The molecule has 0 aliphatic heterocycles. The number of hydrogen-bond acceptors (Lipinski definition) is 6. The second-order valence-corrected chi connectivity index (χ2v) is 2.83. The number of aromatic hydroxyl groups is 2. The van der Waals surface area contributed by atoms with Crippen LogP contribution >= 0.6 is 0 Å². The summed E-state index contributed by atoms with van der Waals surface area (Å²) in [6, 6.07) is 0. The highest BCUT2D eigenvalue weighted by Gasteiger charge is 2.26. The van der Waals surface area contributed by atoms with Crippen molar-refractivity contribution in [1.82, 2.24) is 0 Å². The van der Waals surface area contributed by atoms with Gasteiger partial charge >= 0.3 is 0 Å². The minimum atomic E-state index is -0.295. The summed E-state index contributed by atoms with van der Waals surface area (Å²) in [4.78, 5) is 0. The number of phenols is 2. The largest absolute Gasteiger partial charge is 0.501 e. The van der Waals surface area contributed by atoms with Gasteiger partial charge in [-0.25, -0.2) is 0 Å². The highest BCUT2D eigenvalue weighted by atomic mass is 16.5. The van der Waals surface area contributed by atoms with Gasteiger partial charge in [0.2, 0.25) is 34.5 Å². The SMILES string of the molecule is COc1c(O)c(OC)c(OC)c(O)c1OC. The zero-order valence-corrected chi connectivity index (χ0v) is 9.53. The number of hydrogen-bond donors (Lipinski definition) is 2. The van der Waals surface area contributed by atoms with Gasteiger partial charge in [0, 0.05) is 0 Å². The molecule has 0 aliphatic carbocycles. The standard InChI is InChI=1S/C10H14O6/c1-13-7-5(11)9(15-3)10(16-4)6(12)8(7)14-2/h11-12H,1-4H3. The van der Waals surface area contributed by atoms with Crippen LogP contribution in [0.3, 0.4) is 0 Å². The summed E-state index contributed by atoms with van der Waals surface area (Å²) < 4.78 is 19.7. The Balaban J connectivity index is 3.60. The van der Waals surface area contributed by atoms with Crippen LogP contribution in [0, 0.1) is 0 Å². The quantitative estimate of drug-likeness (QED) is 0.755. The lowest BCUT2D eigenvalue weighted by Crippen LogP contribution is -1.97. The van der Waals surface area contributed by atoms with E-state index in [1.165, 1.54) is 28.4 Å². The summed E-state index contributed by atoms with van der Waals surface area (Å²) >= 11 is 0. The second-order valence-electron chi connectivity index (χ2n) is 2.83. The van der Waals surface area contributed by atoms with Crippen LogP contribution in [0.1, 0.15) is 0 Å². The Hall–Kier alpha value is -1.98. The van der Waals surface area contributed by atoms with E-state index in [1.54, 1.807) is 0 Å². The van der Waals surface area contributed by atoms with Gasteiger partial charge in [0.05, 0.1) is 28.4 Å². The van der Waals surface area contributed by atoms with E-state index in [2.05, 4.69) is 0 Å². The maximum atomic E-state index is 9.82. The van der Waals surface area contributed by atoms with Gasteiger partial charge in [-0.15, -0.1) is 0 Å². The number of benzene rings is 1. The van der Waals surface area contributed by atoms with Gasteiger partial charge in [-0.3, -0.25) is 0 Å². The molecule has 0 spiro atoms. The lowest BCUT2D eigenvalue weighted by Gasteiger charge is -2.17. The molecular formula is C10H14O6. The van der Waals surface area contributed by atoms with Gasteiger partial charge in [-0.1, -0.05) is 0 Å². The molecule has 0 atom stereocenters. The number of rotatable bonds is 4. The molecule has 0 unspecified atom stereocenters. The lowest BCUT2D eigenvalue weighted by atomic mass is 10.2. The molecular weight excluding hydrogens is 216 g/mol. The van der Waals surface area contributed by atoms with E-state index < -0.39 is 0 Å². The van der Waals surface area contributed by atoms with E-state index in [0.717, 1.165) is 0 Å². The fourth-order valence-corrected chi connectivity index (χ4v) is 1.39. The summed E-state index contributed by atoms with van der Waals surface area (Å²) in [5.74, 6) is -0.654. The minimum absolute atomic E-state index is 0.0161. The Bertz CT molecular complexity index is 317. The van der Waals surface area contributed by atoms with Crippen LogP contribution in [0.4, 0.5) is 0 Å². The molecule has 1 aromatic rings. The Morgan fingerprint density at radius 2 is 0.750 bits per heavy atom. The van der Waals surface area contributed by atoms with E-state index in [4.69, 9.17) is 18.9 Å². The predicted octanol–water partition coefficient (Wildman–Crippen LogP) is 1.13. The highest BCUT2D eigenvalue weighted by molar-refractivity contribution is 5.72. The molecule has 16 heavy (non-hydrogen) atoms. The first-order chi connectivity index (χ1) is 7.62. The summed E-state index contributed by atoms with van der Waals surface area (Å²) in [6.45, 7) is 0. The molecule has 0 fully saturated rings. The molecule has 0 amide bonds. The van der Waals surface area contributed by atoms with E-state index in [1.807, 2.05) is 0 Å². The Morgan fingerprint density at radius 3 is 0.875 bits per heavy atom. The van der Waals surface area contributed by atoms with E-state index in [9.17, 15) is 10.2 Å². The molecule has 0 heterocycles. The van der Waals surface area contributed by atoms with Crippen LogP contribution in [0.15, 0.2) is 0 Å². The number of ether oxygens (including phenoxy) is 4. The molecule has 2 N–H and O–H groups in total. The molecule has 0 saturated carbocycles. The summed E-state index contributed by atoms with van der Waals surface area (Å²) in [5, 5.41) is 19.6. The van der Waals surface area contributed by atoms with Crippen LogP contribution in [-0.2, 0) is 0 Å². The zero-order chi connectivity index (χ0) is 12.3. The smallest absolute Gasteiger partial charge is 0.211 e. The first kappa shape index (κ1) is 12.1. The molecule has 1 rings (SSSR count). The normalized spacial score (nSPS) is 9.75. The van der Waals surface area contributed by atoms with Gasteiger partial charge in [0.25, 0.3) is 0 Å². The average molecular weight is 230 g/mol. The topological polar surface area (TPSA) is 77.4 Å². The van der Waals surface area contributed by atoms with E-state index >= 15 is 0 Å². The molecule has 1 aromatic carbocycles. The number of methoxy groups -OCH3 is 4. The molecule has 90 valence electrons. The van der Waals surface area contributed by atoms with Crippen molar-refractivity contribution >= 4 is 0 Å². The first-order valence-corrected chi connectivity index (χ1v) is 4.40. The lowest BCUT2D eigenvalue weighted by molar-refractivity contribution is 0.278. The Kier molecular flexibility index (Phi) is 3.55. The van der Waals surface area contributed by atoms with Crippen LogP contribution in [0.2, 0.25) is 0 Å². The van der Waals surface area contributed by atoms with Crippen molar-refractivity contribution in [3.63, 3.8) is 0 Å². The van der Waals surface area contributed by atoms with Crippen molar-refractivity contribution in [3.8, 4) is 34.5 Å². The van der Waals surface area contributed by atoms with Gasteiger partial charge in [-0.2, -0.15) is 0 Å². The van der Waals surface area contributed by atoms with Crippen LogP contribution in [-0.4, -0.2) is 38.7 Å². The Labute approximate surface area is 92.9 Å². The van der Waals surface area contributed by atoms with Gasteiger partial charge in [-0.05, 0) is 0 Å². The van der Waals surface area contributed by atoms with Crippen LogP contribution in [0.5, 0.6) is 34.5 Å². The third-order valence-corrected chi connectivity index (χ3v) is 2.09. The summed E-state index contributed by atoms with van der Waals surface area (Å²) in [7, 11) is 5.34. The summed E-state index contributed by atoms with van der Waals surface area (Å²) in [5.41, 5.74) is 0. The van der Waals surface area contributed by atoms with E-state index in [-0.39, 0.29) is 34.5 Å². The molecule has 6 heteroatoms. The second kappa shape index (κ2) is 4.69. The van der Waals surface area contributed by atoms with Crippen LogP contribution in [0.25, 0.3) is 0 Å². The Morgan fingerprint density at radius 1 is 0.562 bits per heavy atom. The monoisotopic (exact) mass is 230 g/mol. The van der Waals surface area contributed by atoms with Gasteiger partial charge in [0.1, 0.15) is 0 Å². The fraction of sp³-hybridized carbons (Fsp3) is 0.400. The number of phenolic OH excluding ortho intramolecular Hbond substituents is 2. The molecule has 0 aliphatic rings. The van der Waals surface area contributed by atoms with Crippen molar-refractivity contribution in [2.75, 3.05) is 28.4 Å². The van der Waals surface area contributed by atoms with Gasteiger partial charge in [0.15, 0.2) is 0 Å². The maximum absolute atomic E-state index is 9.82. The fourth-order valence-electron chi connectivity index (χ4n) is 1.39. The van der Waals surface area contributed by atoms with Crippen molar-refractivity contribution < 1.29 is 29.2 Å². The zero-order valence-electron chi connectivity index (χ0n) is 9.53. The molecule has 0 bridgehead atoms. The average Bonchev–Trinajstić information content (AvgIpc) is 2.30. The van der Waals surface area contributed by atoms with Crippen molar-refractivity contribution in [2.24, 2.45) is 0 Å². The first-order valence-electron chi connectivity index (χ1n) is 4.40. The molecule has 6 nitrogen and oxygen atoms in total. The predicted molar refractivity (Wildman–Crippen MR) is 56.0 cm³/mol. The van der Waals surface area contributed by atoms with Crippen molar-refractivity contribution in [2.45, 2.75) is 0 Å². The van der Waals surface area contributed by atoms with E-state index in [0.29, 0.717) is 0 Å². The molecule has 0 saturated heterocycles. The molecule has 0 radical (unpaired) electrons. The van der Waals surface area contributed by atoms with Crippen LogP contribution < -0.4 is 18.9 Å². The highest BCUT2D eigenvalue weighted by Crippen LogP contribution is 2.56.